The van der Waals surface area contributed by atoms with E-state index in [1.54, 1.807) is 24.3 Å². The largest absolute Gasteiger partial charge is 0.463 e. The van der Waals surface area contributed by atoms with Crippen LogP contribution in [0.25, 0.3) is 0 Å². The first-order chi connectivity index (χ1) is 12.4. The maximum absolute atomic E-state index is 12.2. The fourth-order valence-corrected chi connectivity index (χ4v) is 2.32. The van der Waals surface area contributed by atoms with Crippen molar-refractivity contribution in [3.05, 3.63) is 58.5 Å². The zero-order valence-electron chi connectivity index (χ0n) is 14.0. The number of hydrogen-bond donors (Lipinski definition) is 4. The molecule has 138 valence electrons. The van der Waals surface area contributed by atoms with Crippen LogP contribution in [-0.4, -0.2) is 45.2 Å². The van der Waals surface area contributed by atoms with Gasteiger partial charge in [0.2, 0.25) is 0 Å². The number of nitrogens with zero attached hydrogens (tertiary/aromatic N) is 1. The number of aliphatic hydroxyl groups excluding tert-OH is 4. The van der Waals surface area contributed by atoms with Gasteiger partial charge in [-0.25, -0.2) is 4.79 Å². The number of furan rings is 1. The summed E-state index contributed by atoms with van der Waals surface area (Å²) in [6.07, 6.45) is -4.87. The third kappa shape index (κ3) is 4.28. The molecule has 1 aromatic heterocycles. The molecule has 0 unspecified atom stereocenters. The summed E-state index contributed by atoms with van der Waals surface area (Å²) in [7, 11) is 0. The number of carbonyl (C=O) groups excluding carboxylic acids is 1. The van der Waals surface area contributed by atoms with Gasteiger partial charge in [0, 0.05) is 5.56 Å². The Morgan fingerprint density at radius 1 is 1.31 bits per heavy atom. The zero-order valence-corrected chi connectivity index (χ0v) is 14.0. The van der Waals surface area contributed by atoms with Gasteiger partial charge >= 0.3 is 5.97 Å². The van der Waals surface area contributed by atoms with Gasteiger partial charge in [-0.3, -0.25) is 0 Å². The van der Waals surface area contributed by atoms with E-state index in [9.17, 15) is 20.1 Å². The second-order valence-corrected chi connectivity index (χ2v) is 5.65. The van der Waals surface area contributed by atoms with E-state index >= 15 is 0 Å². The molecule has 2 aromatic rings. The van der Waals surface area contributed by atoms with E-state index in [2.05, 4.69) is 0 Å². The Bertz CT molecular complexity index is 808. The maximum Gasteiger partial charge on any atom is 0.342 e. The minimum Gasteiger partial charge on any atom is -0.463 e. The third-order valence-corrected chi connectivity index (χ3v) is 3.85. The molecule has 0 radical (unpaired) electrons. The van der Waals surface area contributed by atoms with Crippen molar-refractivity contribution in [3.8, 4) is 6.07 Å². The second kappa shape index (κ2) is 8.60. The van der Waals surface area contributed by atoms with E-state index in [-0.39, 0.29) is 23.7 Å². The lowest BCUT2D eigenvalue weighted by molar-refractivity contribution is -0.0837. The van der Waals surface area contributed by atoms with E-state index in [4.69, 9.17) is 19.5 Å². The van der Waals surface area contributed by atoms with E-state index in [0.29, 0.717) is 11.1 Å². The Morgan fingerprint density at radius 2 is 2.00 bits per heavy atom. The van der Waals surface area contributed by atoms with Crippen molar-refractivity contribution >= 4 is 5.97 Å². The number of aliphatic hydroxyl groups is 4. The smallest absolute Gasteiger partial charge is 0.342 e. The molecule has 0 saturated heterocycles. The molecule has 8 heteroatoms. The van der Waals surface area contributed by atoms with Crippen molar-refractivity contribution in [2.45, 2.75) is 31.8 Å². The fraction of sp³-hybridized carbons (Fsp3) is 0.333. The normalized spacial score (nSPS) is 14.3. The molecule has 4 N–H and O–H groups in total. The van der Waals surface area contributed by atoms with Crippen LogP contribution in [-0.2, 0) is 11.3 Å². The van der Waals surface area contributed by atoms with Crippen molar-refractivity contribution < 1.29 is 34.4 Å². The van der Waals surface area contributed by atoms with Crippen molar-refractivity contribution in [2.75, 3.05) is 6.61 Å². The quantitative estimate of drug-likeness (QED) is 0.524. The molecule has 0 aliphatic heterocycles. The molecule has 0 saturated carbocycles. The van der Waals surface area contributed by atoms with Gasteiger partial charge in [-0.2, -0.15) is 5.26 Å². The van der Waals surface area contributed by atoms with Gasteiger partial charge < -0.3 is 29.6 Å². The summed E-state index contributed by atoms with van der Waals surface area (Å²) in [6.45, 7) is 0.618. The third-order valence-electron chi connectivity index (χ3n) is 3.85. The highest BCUT2D eigenvalue weighted by Crippen LogP contribution is 2.25. The van der Waals surface area contributed by atoms with E-state index in [1.165, 1.54) is 13.0 Å². The topological polar surface area (TPSA) is 144 Å². The Balaban J connectivity index is 2.10. The van der Waals surface area contributed by atoms with Crippen LogP contribution in [0.1, 0.15) is 39.1 Å². The summed E-state index contributed by atoms with van der Waals surface area (Å²) >= 11 is 0. The lowest BCUT2D eigenvalue weighted by Crippen LogP contribution is -2.34. The molecule has 1 heterocycles. The standard InChI is InChI=1S/C18H19NO7/c1-10-13(6-15(26-10)17(23)16(22)14(21)8-20)18(24)25-9-12-5-3-2-4-11(12)7-19/h2-6,14,16-17,20-23H,8-9H2,1H3/t14-,16-,17-/m0/s1. The predicted octanol–water partition coefficient (Wildman–Crippen LogP) is 0.564. The molecule has 2 rings (SSSR count). The lowest BCUT2D eigenvalue weighted by atomic mass is 10.1. The summed E-state index contributed by atoms with van der Waals surface area (Å²) < 4.78 is 10.4. The molecule has 0 spiro atoms. The molecule has 0 aliphatic rings. The Kier molecular flexibility index (Phi) is 6.49. The van der Waals surface area contributed by atoms with Crippen molar-refractivity contribution in [1.29, 1.82) is 5.26 Å². The Morgan fingerprint density at radius 3 is 2.65 bits per heavy atom. The van der Waals surface area contributed by atoms with E-state index in [0.717, 1.165) is 0 Å². The van der Waals surface area contributed by atoms with Crippen molar-refractivity contribution in [1.82, 2.24) is 0 Å². The van der Waals surface area contributed by atoms with Crippen molar-refractivity contribution in [3.63, 3.8) is 0 Å². The van der Waals surface area contributed by atoms with Gasteiger partial charge in [-0.05, 0) is 19.1 Å². The molecular weight excluding hydrogens is 342 g/mol. The number of ether oxygens (including phenoxy) is 1. The molecule has 26 heavy (non-hydrogen) atoms. The molecule has 0 bridgehead atoms. The van der Waals surface area contributed by atoms with Gasteiger partial charge in [0.05, 0.1) is 18.2 Å². The molecule has 0 fully saturated rings. The number of carbonyl (C=O) groups is 1. The zero-order chi connectivity index (χ0) is 19.3. The number of rotatable bonds is 7. The second-order valence-electron chi connectivity index (χ2n) is 5.65. The number of benzene rings is 1. The highest BCUT2D eigenvalue weighted by molar-refractivity contribution is 5.90. The first-order valence-corrected chi connectivity index (χ1v) is 7.79. The summed E-state index contributed by atoms with van der Waals surface area (Å²) in [4.78, 5) is 12.2. The summed E-state index contributed by atoms with van der Waals surface area (Å²) in [5, 5.41) is 46.9. The highest BCUT2D eigenvalue weighted by atomic mass is 16.5. The summed E-state index contributed by atoms with van der Waals surface area (Å²) in [6, 6.07) is 9.89. The molecule has 0 aliphatic carbocycles. The van der Waals surface area contributed by atoms with Crippen LogP contribution >= 0.6 is 0 Å². The van der Waals surface area contributed by atoms with Gasteiger partial charge in [-0.1, -0.05) is 18.2 Å². The SMILES string of the molecule is Cc1oc([C@H](O)[C@@H](O)[C@@H](O)CO)cc1C(=O)OCc1ccccc1C#N. The van der Waals surface area contributed by atoms with Crippen LogP contribution in [0.15, 0.2) is 34.7 Å². The molecule has 3 atom stereocenters. The molecule has 0 amide bonds. The average molecular weight is 361 g/mol. The number of esters is 1. The van der Waals surface area contributed by atoms with Crippen LogP contribution in [0, 0.1) is 18.3 Å². The van der Waals surface area contributed by atoms with Crippen LogP contribution in [0.3, 0.4) is 0 Å². The first-order valence-electron chi connectivity index (χ1n) is 7.79. The van der Waals surface area contributed by atoms with E-state index in [1.807, 2.05) is 6.07 Å². The summed E-state index contributed by atoms with van der Waals surface area (Å²) in [5.41, 5.74) is 0.979. The highest BCUT2D eigenvalue weighted by Gasteiger charge is 2.30. The van der Waals surface area contributed by atoms with Crippen molar-refractivity contribution in [2.24, 2.45) is 0 Å². The predicted molar refractivity (Wildman–Crippen MR) is 87.8 cm³/mol. The average Bonchev–Trinajstić information content (AvgIpc) is 3.06. The Hall–Kier alpha value is -2.70. The molecule has 8 nitrogen and oxygen atoms in total. The van der Waals surface area contributed by atoms with Crippen LogP contribution in [0.2, 0.25) is 0 Å². The van der Waals surface area contributed by atoms with Gasteiger partial charge in [-0.15, -0.1) is 0 Å². The monoisotopic (exact) mass is 361 g/mol. The minimum atomic E-state index is -1.68. The lowest BCUT2D eigenvalue weighted by Gasteiger charge is -2.19. The van der Waals surface area contributed by atoms with Gasteiger partial charge in [0.1, 0.15) is 42.0 Å². The van der Waals surface area contributed by atoms with E-state index < -0.39 is 30.9 Å². The van der Waals surface area contributed by atoms with Crippen LogP contribution < -0.4 is 0 Å². The van der Waals surface area contributed by atoms with Crippen LogP contribution in [0.4, 0.5) is 0 Å². The minimum absolute atomic E-state index is 0.0409. The van der Waals surface area contributed by atoms with Gasteiger partial charge in [0.15, 0.2) is 0 Å². The summed E-state index contributed by atoms with van der Waals surface area (Å²) in [5.74, 6) is -0.718. The number of hydrogen-bond acceptors (Lipinski definition) is 8. The van der Waals surface area contributed by atoms with Gasteiger partial charge in [0.25, 0.3) is 0 Å². The molecular formula is C18H19NO7. The maximum atomic E-state index is 12.2. The Labute approximate surface area is 149 Å². The molecule has 1 aromatic carbocycles. The van der Waals surface area contributed by atoms with Crippen LogP contribution in [0.5, 0.6) is 0 Å². The number of nitriles is 1. The first kappa shape index (κ1) is 19.6. The number of aryl methyl sites for hydroxylation is 1. The fourth-order valence-electron chi connectivity index (χ4n) is 2.32.